The average molecular weight is 426 g/mol. The monoisotopic (exact) mass is 425 g/mol. The minimum Gasteiger partial charge on any atom is -0.494 e. The van der Waals surface area contributed by atoms with Gasteiger partial charge in [-0.05, 0) is 45.0 Å². The molecule has 0 bridgehead atoms. The van der Waals surface area contributed by atoms with Crippen molar-refractivity contribution in [1.29, 1.82) is 0 Å². The quantitative estimate of drug-likeness (QED) is 0.315. The molecular weight excluding hydrogens is 398 g/mol. The lowest BCUT2D eigenvalue weighted by Gasteiger charge is -2.17. The van der Waals surface area contributed by atoms with Crippen molar-refractivity contribution < 1.29 is 14.3 Å². The van der Waals surface area contributed by atoms with Crippen LogP contribution in [0.1, 0.15) is 20.8 Å². The first-order valence-electron chi connectivity index (χ1n) is 9.18. The topological polar surface area (TPSA) is 95.5 Å². The number of carbonyl (C=O) groups is 1. The number of nitrogen functional groups attached to an aromatic ring is 1. The van der Waals surface area contributed by atoms with E-state index in [2.05, 4.69) is 10.2 Å². The molecule has 0 saturated carbocycles. The van der Waals surface area contributed by atoms with Crippen LogP contribution in [0.25, 0.3) is 0 Å². The maximum atomic E-state index is 12.1. The van der Waals surface area contributed by atoms with Crippen LogP contribution in [0, 0.1) is 0 Å². The highest BCUT2D eigenvalue weighted by Crippen LogP contribution is 2.22. The summed E-state index contributed by atoms with van der Waals surface area (Å²) in [5.41, 5.74) is 0. The van der Waals surface area contributed by atoms with E-state index in [-0.39, 0.29) is 5.91 Å². The SMILES string of the molecule is CCOc1ccc(OCCSc2nnc(SCC(=O)N(CC)CC)n2N)cc1. The Morgan fingerprint density at radius 2 is 1.61 bits per heavy atom. The molecule has 0 atom stereocenters. The Labute approximate surface area is 174 Å². The predicted octanol–water partition coefficient (Wildman–Crippen LogP) is 2.52. The third-order valence-corrected chi connectivity index (χ3v) is 5.63. The number of thioether (sulfide) groups is 2. The standard InChI is InChI=1S/C18H27N5O3S2/c1-4-22(5-2)16(24)13-28-18-21-20-17(23(18)19)27-12-11-26-15-9-7-14(8-10-15)25-6-3/h7-10H,4-6,11-13,19H2,1-3H3. The first-order valence-corrected chi connectivity index (χ1v) is 11.2. The first kappa shape index (κ1) is 22.2. The van der Waals surface area contributed by atoms with Gasteiger partial charge >= 0.3 is 0 Å². The zero-order chi connectivity index (χ0) is 20.4. The fraction of sp³-hybridized carbons (Fsp3) is 0.500. The molecule has 0 unspecified atom stereocenters. The average Bonchev–Trinajstić information content (AvgIpc) is 3.05. The van der Waals surface area contributed by atoms with Crippen molar-refractivity contribution in [3.05, 3.63) is 24.3 Å². The summed E-state index contributed by atoms with van der Waals surface area (Å²) < 4.78 is 12.5. The van der Waals surface area contributed by atoms with Crippen molar-refractivity contribution in [2.24, 2.45) is 0 Å². The molecule has 28 heavy (non-hydrogen) atoms. The minimum absolute atomic E-state index is 0.0657. The molecule has 0 fully saturated rings. The van der Waals surface area contributed by atoms with Crippen molar-refractivity contribution in [1.82, 2.24) is 19.8 Å². The Kier molecular flexibility index (Phi) is 9.29. The third kappa shape index (κ3) is 6.52. The van der Waals surface area contributed by atoms with Gasteiger partial charge in [-0.25, -0.2) is 4.68 Å². The second-order valence-corrected chi connectivity index (χ2v) is 7.60. The second-order valence-electron chi connectivity index (χ2n) is 5.59. The van der Waals surface area contributed by atoms with Crippen molar-refractivity contribution in [3.63, 3.8) is 0 Å². The Morgan fingerprint density at radius 1 is 1.04 bits per heavy atom. The van der Waals surface area contributed by atoms with Crippen LogP contribution in [-0.4, -0.2) is 63.5 Å². The van der Waals surface area contributed by atoms with Crippen LogP contribution in [0.3, 0.4) is 0 Å². The Morgan fingerprint density at radius 3 is 2.18 bits per heavy atom. The summed E-state index contributed by atoms with van der Waals surface area (Å²) in [6.07, 6.45) is 0. The molecule has 1 aromatic heterocycles. The van der Waals surface area contributed by atoms with Gasteiger partial charge in [0.2, 0.25) is 16.2 Å². The molecule has 8 nitrogen and oxygen atoms in total. The van der Waals surface area contributed by atoms with E-state index in [4.69, 9.17) is 15.3 Å². The number of carbonyl (C=O) groups excluding carboxylic acids is 1. The summed E-state index contributed by atoms with van der Waals surface area (Å²) in [5.74, 6) is 8.68. The third-order valence-electron chi connectivity index (χ3n) is 3.79. The zero-order valence-corrected chi connectivity index (χ0v) is 18.1. The summed E-state index contributed by atoms with van der Waals surface area (Å²) in [6, 6.07) is 7.52. The van der Waals surface area contributed by atoms with Crippen molar-refractivity contribution in [3.8, 4) is 11.5 Å². The molecule has 2 rings (SSSR count). The smallest absolute Gasteiger partial charge is 0.233 e. The molecule has 1 aromatic carbocycles. The lowest BCUT2D eigenvalue weighted by atomic mass is 10.3. The van der Waals surface area contributed by atoms with Gasteiger partial charge in [0.1, 0.15) is 11.5 Å². The molecule has 2 N–H and O–H groups in total. The Bertz CT molecular complexity index is 735. The van der Waals surface area contributed by atoms with E-state index >= 15 is 0 Å². The van der Waals surface area contributed by atoms with Gasteiger partial charge in [0.15, 0.2) is 0 Å². The number of nitrogens with two attached hydrogens (primary N) is 1. The molecular formula is C18H27N5O3S2. The maximum absolute atomic E-state index is 12.1. The van der Waals surface area contributed by atoms with E-state index in [0.29, 0.717) is 48.1 Å². The van der Waals surface area contributed by atoms with E-state index in [1.165, 1.54) is 28.2 Å². The molecule has 0 aliphatic carbocycles. The number of hydrogen-bond acceptors (Lipinski definition) is 8. The fourth-order valence-electron chi connectivity index (χ4n) is 2.35. The van der Waals surface area contributed by atoms with E-state index in [1.54, 1.807) is 4.90 Å². The van der Waals surface area contributed by atoms with Crippen LogP contribution in [0.15, 0.2) is 34.6 Å². The second kappa shape index (κ2) is 11.7. The van der Waals surface area contributed by atoms with Crippen molar-refractivity contribution in [2.45, 2.75) is 31.1 Å². The van der Waals surface area contributed by atoms with Crippen molar-refractivity contribution in [2.75, 3.05) is 43.7 Å². The molecule has 154 valence electrons. The number of benzene rings is 1. The van der Waals surface area contributed by atoms with E-state index in [0.717, 1.165) is 11.5 Å². The van der Waals surface area contributed by atoms with E-state index in [1.807, 2.05) is 45.0 Å². The highest BCUT2D eigenvalue weighted by atomic mass is 32.2. The molecule has 0 saturated heterocycles. The number of nitrogens with zero attached hydrogens (tertiary/aromatic N) is 4. The lowest BCUT2D eigenvalue weighted by Crippen LogP contribution is -2.32. The van der Waals surface area contributed by atoms with Crippen LogP contribution >= 0.6 is 23.5 Å². The van der Waals surface area contributed by atoms with Crippen LogP contribution in [0.2, 0.25) is 0 Å². The molecule has 10 heteroatoms. The number of amides is 1. The molecule has 0 aliphatic rings. The van der Waals surface area contributed by atoms with Crippen molar-refractivity contribution >= 4 is 29.4 Å². The summed E-state index contributed by atoms with van der Waals surface area (Å²) in [5, 5.41) is 9.27. The molecule has 1 heterocycles. The van der Waals surface area contributed by atoms with Crippen LogP contribution in [0.5, 0.6) is 11.5 Å². The minimum atomic E-state index is 0.0657. The summed E-state index contributed by atoms with van der Waals surface area (Å²) in [4.78, 5) is 13.9. The van der Waals surface area contributed by atoms with Gasteiger partial charge < -0.3 is 20.2 Å². The fourth-order valence-corrected chi connectivity index (χ4v) is 3.84. The summed E-state index contributed by atoms with van der Waals surface area (Å²) in [7, 11) is 0. The van der Waals surface area contributed by atoms with E-state index < -0.39 is 0 Å². The molecule has 0 radical (unpaired) electrons. The van der Waals surface area contributed by atoms with Crippen LogP contribution < -0.4 is 15.3 Å². The van der Waals surface area contributed by atoms with Gasteiger partial charge in [0.05, 0.1) is 19.0 Å². The molecule has 2 aromatic rings. The van der Waals surface area contributed by atoms with Gasteiger partial charge in [-0.3, -0.25) is 4.79 Å². The van der Waals surface area contributed by atoms with Gasteiger partial charge in [0.25, 0.3) is 0 Å². The predicted molar refractivity (Wildman–Crippen MR) is 113 cm³/mol. The van der Waals surface area contributed by atoms with Gasteiger partial charge in [-0.15, -0.1) is 10.2 Å². The molecule has 1 amide bonds. The van der Waals surface area contributed by atoms with Crippen LogP contribution in [-0.2, 0) is 4.79 Å². The van der Waals surface area contributed by atoms with Gasteiger partial charge in [-0.1, -0.05) is 23.5 Å². The number of rotatable bonds is 12. The van der Waals surface area contributed by atoms with Crippen LogP contribution in [0.4, 0.5) is 0 Å². The summed E-state index contributed by atoms with van der Waals surface area (Å²) in [6.45, 7) is 8.41. The normalized spacial score (nSPS) is 10.7. The Balaban J connectivity index is 1.75. The van der Waals surface area contributed by atoms with E-state index in [9.17, 15) is 4.79 Å². The van der Waals surface area contributed by atoms with Gasteiger partial charge in [0, 0.05) is 18.8 Å². The lowest BCUT2D eigenvalue weighted by molar-refractivity contribution is -0.127. The molecule has 0 aliphatic heterocycles. The Hall–Kier alpha value is -2.07. The first-order chi connectivity index (χ1) is 13.6. The highest BCUT2D eigenvalue weighted by molar-refractivity contribution is 8.00. The maximum Gasteiger partial charge on any atom is 0.233 e. The highest BCUT2D eigenvalue weighted by Gasteiger charge is 2.15. The largest absolute Gasteiger partial charge is 0.494 e. The number of ether oxygens (including phenoxy) is 2. The number of aromatic nitrogens is 3. The summed E-state index contributed by atoms with van der Waals surface area (Å²) >= 11 is 2.75. The number of hydrogen-bond donors (Lipinski definition) is 1. The molecule has 0 spiro atoms. The van der Waals surface area contributed by atoms with Gasteiger partial charge in [-0.2, -0.15) is 0 Å². The zero-order valence-electron chi connectivity index (χ0n) is 16.5.